The number of rotatable bonds is 8. The maximum Gasteiger partial charge on any atom is 0.329 e. The number of carbonyl (C=O) groups is 2. The first kappa shape index (κ1) is 22.6. The molecule has 1 rings (SSSR count). The number of amides is 2. The minimum atomic E-state index is -0.951. The molecule has 1 aromatic rings. The van der Waals surface area contributed by atoms with Gasteiger partial charge in [0.05, 0.1) is 19.9 Å². The van der Waals surface area contributed by atoms with E-state index in [9.17, 15) is 14.7 Å². The maximum atomic E-state index is 12.3. The Morgan fingerprint density at radius 2 is 1.85 bits per heavy atom. The molecule has 0 heterocycles. The summed E-state index contributed by atoms with van der Waals surface area (Å²) in [6.07, 6.45) is 1.61. The van der Waals surface area contributed by atoms with Crippen LogP contribution in [0.1, 0.15) is 45.6 Å². The zero-order chi connectivity index (χ0) is 20.8. The number of ether oxygens (including phenoxy) is 2. The van der Waals surface area contributed by atoms with Crippen LogP contribution in [-0.2, 0) is 14.9 Å². The summed E-state index contributed by atoms with van der Waals surface area (Å²) in [7, 11) is 2.69. The van der Waals surface area contributed by atoms with Crippen molar-refractivity contribution in [2.24, 2.45) is 11.5 Å². The summed E-state index contributed by atoms with van der Waals surface area (Å²) in [6, 6.07) is 1.24. The molecule has 0 saturated carbocycles. The van der Waals surface area contributed by atoms with E-state index in [-0.39, 0.29) is 16.9 Å². The number of aromatic hydroxyl groups is 1. The van der Waals surface area contributed by atoms with Gasteiger partial charge in [0.15, 0.2) is 0 Å². The van der Waals surface area contributed by atoms with Crippen molar-refractivity contribution in [1.82, 2.24) is 0 Å². The topological polar surface area (TPSA) is 128 Å². The molecule has 8 nitrogen and oxygen atoms in total. The molecule has 0 aliphatic rings. The lowest BCUT2D eigenvalue weighted by Crippen LogP contribution is -2.48. The number of unbranched alkanes of at least 4 members (excludes halogenated alkanes) is 1. The predicted molar refractivity (Wildman–Crippen MR) is 104 cm³/mol. The van der Waals surface area contributed by atoms with Gasteiger partial charge < -0.3 is 26.0 Å². The van der Waals surface area contributed by atoms with Crippen molar-refractivity contribution < 1.29 is 24.2 Å². The van der Waals surface area contributed by atoms with Crippen LogP contribution in [0, 0.1) is 0 Å². The van der Waals surface area contributed by atoms with E-state index in [0.29, 0.717) is 37.1 Å². The zero-order valence-corrected chi connectivity index (χ0v) is 16.7. The Morgan fingerprint density at radius 3 is 2.30 bits per heavy atom. The smallest absolute Gasteiger partial charge is 0.329 e. The Kier molecular flexibility index (Phi) is 7.90. The van der Waals surface area contributed by atoms with Crippen LogP contribution in [0.25, 0.3) is 0 Å². The number of phenolic OH excluding ortho intramolecular Hbond substituents is 1. The normalized spacial score (nSPS) is 12.4. The molecule has 152 valence electrons. The summed E-state index contributed by atoms with van der Waals surface area (Å²) in [5.74, 6) is -0.299. The fraction of sp³-hybridized carbons (Fsp3) is 0.579. The second kappa shape index (κ2) is 9.45. The van der Waals surface area contributed by atoms with Gasteiger partial charge in [0.25, 0.3) is 0 Å². The average molecular weight is 381 g/mol. The monoisotopic (exact) mass is 381 g/mol. The Balaban J connectivity index is 3.50. The highest BCUT2D eigenvalue weighted by Gasteiger charge is 2.33. The first-order valence-corrected chi connectivity index (χ1v) is 8.86. The molecule has 0 fully saturated rings. The highest BCUT2D eigenvalue weighted by Crippen LogP contribution is 2.41. The van der Waals surface area contributed by atoms with Crippen molar-refractivity contribution in [2.45, 2.75) is 51.5 Å². The number of carbonyl (C=O) groups excluding carboxylic acids is 2. The van der Waals surface area contributed by atoms with Crippen LogP contribution in [0.2, 0.25) is 0 Å². The summed E-state index contributed by atoms with van der Waals surface area (Å²) in [6.45, 7) is 6.29. The highest BCUT2D eigenvalue weighted by atomic mass is 16.5. The Labute approximate surface area is 160 Å². The fourth-order valence-corrected chi connectivity index (χ4v) is 2.92. The third kappa shape index (κ3) is 5.50. The highest BCUT2D eigenvalue weighted by molar-refractivity contribution is 5.99. The number of esters is 1. The fourth-order valence-electron chi connectivity index (χ4n) is 2.92. The molecule has 0 aliphatic carbocycles. The number of methoxy groups -OCH3 is 2. The molecule has 0 radical (unpaired) electrons. The number of nitrogens with two attached hydrogens (primary N) is 2. The number of hydrogen-bond donors (Lipinski definition) is 3. The number of phenols is 1. The number of hydrogen-bond acceptors (Lipinski definition) is 6. The quantitative estimate of drug-likeness (QED) is 0.468. The van der Waals surface area contributed by atoms with Gasteiger partial charge in [0.1, 0.15) is 17.5 Å². The van der Waals surface area contributed by atoms with Gasteiger partial charge in [0.2, 0.25) is 0 Å². The van der Waals surface area contributed by atoms with Crippen LogP contribution in [0.5, 0.6) is 11.5 Å². The minimum absolute atomic E-state index is 0.0184. The minimum Gasteiger partial charge on any atom is -0.508 e. The van der Waals surface area contributed by atoms with Gasteiger partial charge in [-0.15, -0.1) is 0 Å². The molecular weight excluding hydrogens is 350 g/mol. The molecule has 0 aromatic heterocycles. The van der Waals surface area contributed by atoms with Crippen molar-refractivity contribution in [1.29, 1.82) is 0 Å². The van der Waals surface area contributed by atoms with E-state index in [1.54, 1.807) is 6.07 Å². The lowest BCUT2D eigenvalue weighted by Gasteiger charge is -2.31. The molecule has 0 saturated heterocycles. The predicted octanol–water partition coefficient (Wildman–Crippen LogP) is 2.25. The second-order valence-corrected chi connectivity index (χ2v) is 7.32. The van der Waals surface area contributed by atoms with Crippen molar-refractivity contribution in [3.05, 3.63) is 17.7 Å². The molecule has 27 heavy (non-hydrogen) atoms. The summed E-state index contributed by atoms with van der Waals surface area (Å²) < 4.78 is 10.3. The molecule has 1 atom stereocenters. The van der Waals surface area contributed by atoms with Crippen LogP contribution in [0.3, 0.4) is 0 Å². The van der Waals surface area contributed by atoms with Crippen molar-refractivity contribution in [3.8, 4) is 11.5 Å². The van der Waals surface area contributed by atoms with E-state index in [1.807, 2.05) is 20.8 Å². The Hall–Kier alpha value is -2.48. The molecule has 1 aromatic carbocycles. The molecule has 8 heteroatoms. The van der Waals surface area contributed by atoms with Crippen LogP contribution in [0.4, 0.5) is 10.5 Å². The SMILES string of the molecule is COC(=O)[C@H](CCCCN)N(C(N)=O)c1cc(O)c(C(C)(C)C)cc1OC. The molecular formula is C19H31N3O5. The van der Waals surface area contributed by atoms with E-state index in [2.05, 4.69) is 0 Å². The number of benzene rings is 1. The van der Waals surface area contributed by atoms with E-state index in [1.165, 1.54) is 20.3 Å². The molecule has 0 unspecified atom stereocenters. The molecule has 2 amide bonds. The van der Waals surface area contributed by atoms with Crippen molar-refractivity contribution >= 4 is 17.7 Å². The van der Waals surface area contributed by atoms with Gasteiger partial charge in [-0.25, -0.2) is 9.59 Å². The van der Waals surface area contributed by atoms with Gasteiger partial charge in [-0.2, -0.15) is 0 Å². The third-order valence-electron chi connectivity index (χ3n) is 4.32. The number of nitrogens with zero attached hydrogens (tertiary/aromatic N) is 1. The van der Waals surface area contributed by atoms with Crippen molar-refractivity contribution in [3.63, 3.8) is 0 Å². The van der Waals surface area contributed by atoms with Crippen LogP contribution < -0.4 is 21.1 Å². The van der Waals surface area contributed by atoms with Crippen LogP contribution >= 0.6 is 0 Å². The first-order chi connectivity index (χ1) is 12.6. The molecule has 5 N–H and O–H groups in total. The number of primary amides is 1. The van der Waals surface area contributed by atoms with Gasteiger partial charge in [0, 0.05) is 11.6 Å². The summed E-state index contributed by atoms with van der Waals surface area (Å²) >= 11 is 0. The van der Waals surface area contributed by atoms with Crippen LogP contribution in [-0.4, -0.2) is 43.9 Å². The summed E-state index contributed by atoms with van der Waals surface area (Å²) in [4.78, 5) is 25.7. The number of urea groups is 1. The van der Waals surface area contributed by atoms with Crippen molar-refractivity contribution in [2.75, 3.05) is 25.7 Å². The number of anilines is 1. The molecule has 0 spiro atoms. The maximum absolute atomic E-state index is 12.3. The lowest BCUT2D eigenvalue weighted by molar-refractivity contribution is -0.142. The standard InChI is InChI=1S/C19H31N3O5/c1-19(2,3)12-10-16(26-4)14(11-15(12)23)22(18(21)25)13(17(24)27-5)8-6-7-9-20/h10-11,13,23H,6-9,20H2,1-5H3,(H2,21,25)/t13-/m0/s1. The molecule has 0 aliphatic heterocycles. The third-order valence-corrected chi connectivity index (χ3v) is 4.32. The Morgan fingerprint density at radius 1 is 1.22 bits per heavy atom. The average Bonchev–Trinajstić information content (AvgIpc) is 2.59. The van der Waals surface area contributed by atoms with Crippen LogP contribution in [0.15, 0.2) is 12.1 Å². The summed E-state index contributed by atoms with van der Waals surface area (Å²) in [5.41, 5.74) is 11.6. The van der Waals surface area contributed by atoms with E-state index in [0.717, 1.165) is 4.90 Å². The van der Waals surface area contributed by atoms with E-state index < -0.39 is 18.0 Å². The molecule has 0 bridgehead atoms. The second-order valence-electron chi connectivity index (χ2n) is 7.32. The zero-order valence-electron chi connectivity index (χ0n) is 16.7. The first-order valence-electron chi connectivity index (χ1n) is 8.86. The Bertz CT molecular complexity index is 670. The largest absolute Gasteiger partial charge is 0.508 e. The van der Waals surface area contributed by atoms with Gasteiger partial charge in [-0.3, -0.25) is 4.90 Å². The van der Waals surface area contributed by atoms with Gasteiger partial charge >= 0.3 is 12.0 Å². The van der Waals surface area contributed by atoms with Gasteiger partial charge in [-0.1, -0.05) is 20.8 Å². The summed E-state index contributed by atoms with van der Waals surface area (Å²) in [5, 5.41) is 10.5. The lowest BCUT2D eigenvalue weighted by atomic mass is 9.86. The van der Waals surface area contributed by atoms with Gasteiger partial charge in [-0.05, 0) is 37.3 Å². The van der Waals surface area contributed by atoms with E-state index >= 15 is 0 Å². The van der Waals surface area contributed by atoms with E-state index in [4.69, 9.17) is 20.9 Å².